The number of hydrogen-bond acceptors (Lipinski definition) is 5. The molecule has 116 valence electrons. The molecule has 0 aliphatic heterocycles. The number of carbonyl (C=O) groups is 1. The lowest BCUT2D eigenvalue weighted by molar-refractivity contribution is 0.0999. The van der Waals surface area contributed by atoms with Crippen molar-refractivity contribution < 1.29 is 4.79 Å². The third kappa shape index (κ3) is 3.04. The Bertz CT molecular complexity index is 876. The predicted molar refractivity (Wildman–Crippen MR) is 91.5 cm³/mol. The van der Waals surface area contributed by atoms with Gasteiger partial charge in [-0.3, -0.25) is 9.59 Å². The van der Waals surface area contributed by atoms with Crippen LogP contribution < -0.4 is 16.6 Å². The number of anilines is 2. The van der Waals surface area contributed by atoms with Crippen LogP contribution in [-0.2, 0) is 0 Å². The molecule has 0 saturated carbocycles. The van der Waals surface area contributed by atoms with Crippen LogP contribution in [0.5, 0.6) is 0 Å². The SMILES string of the molecule is CSc1nc(Nc2cc3cccccc-3c2)c(C(N)=O)c(=O)[nH]1. The van der Waals surface area contributed by atoms with Crippen LogP contribution >= 0.6 is 11.8 Å². The number of fused-ring (bicyclic) bond motifs is 1. The van der Waals surface area contributed by atoms with E-state index in [1.165, 1.54) is 11.8 Å². The van der Waals surface area contributed by atoms with E-state index in [1.807, 2.05) is 42.5 Å². The number of primary amides is 1. The zero-order chi connectivity index (χ0) is 16.4. The fourth-order valence-electron chi connectivity index (χ4n) is 2.29. The van der Waals surface area contributed by atoms with Crippen LogP contribution in [0, 0.1) is 0 Å². The summed E-state index contributed by atoms with van der Waals surface area (Å²) in [4.78, 5) is 30.3. The van der Waals surface area contributed by atoms with Crippen molar-refractivity contribution in [3.63, 3.8) is 0 Å². The molecule has 0 saturated heterocycles. The number of rotatable bonds is 4. The molecule has 0 fully saturated rings. The van der Waals surface area contributed by atoms with Gasteiger partial charge in [0.2, 0.25) is 0 Å². The van der Waals surface area contributed by atoms with Gasteiger partial charge in [-0.15, -0.1) is 0 Å². The van der Waals surface area contributed by atoms with Gasteiger partial charge in [0.1, 0.15) is 5.56 Å². The molecule has 1 heterocycles. The minimum Gasteiger partial charge on any atom is -0.365 e. The number of nitrogens with one attached hydrogen (secondary N) is 2. The number of H-pyrrole nitrogens is 1. The number of hydrogen-bond donors (Lipinski definition) is 3. The van der Waals surface area contributed by atoms with Gasteiger partial charge >= 0.3 is 0 Å². The van der Waals surface area contributed by atoms with Crippen LogP contribution in [0.25, 0.3) is 11.1 Å². The molecule has 1 amide bonds. The zero-order valence-electron chi connectivity index (χ0n) is 12.3. The van der Waals surface area contributed by atoms with E-state index in [9.17, 15) is 9.59 Å². The second kappa shape index (κ2) is 6.13. The molecule has 0 spiro atoms. The van der Waals surface area contributed by atoms with Gasteiger partial charge in [-0.1, -0.05) is 42.1 Å². The Balaban J connectivity index is 2.08. The molecule has 23 heavy (non-hydrogen) atoms. The molecule has 2 aliphatic rings. The van der Waals surface area contributed by atoms with Crippen molar-refractivity contribution >= 4 is 29.2 Å². The Morgan fingerprint density at radius 1 is 1.22 bits per heavy atom. The van der Waals surface area contributed by atoms with Gasteiger partial charge in [0.25, 0.3) is 11.5 Å². The van der Waals surface area contributed by atoms with E-state index < -0.39 is 11.5 Å². The molecule has 1 aromatic rings. The van der Waals surface area contributed by atoms with Gasteiger partial charge < -0.3 is 16.0 Å². The number of nitrogens with zero attached hydrogens (tertiary/aromatic N) is 1. The second-order valence-corrected chi connectivity index (χ2v) is 5.65. The summed E-state index contributed by atoms with van der Waals surface area (Å²) >= 11 is 1.27. The first kappa shape index (κ1) is 15.1. The summed E-state index contributed by atoms with van der Waals surface area (Å²) < 4.78 is 0. The molecule has 2 aliphatic carbocycles. The molecule has 6 nitrogen and oxygen atoms in total. The summed E-state index contributed by atoms with van der Waals surface area (Å²) in [6.45, 7) is 0. The molecule has 0 unspecified atom stereocenters. The van der Waals surface area contributed by atoms with E-state index in [1.54, 1.807) is 6.26 Å². The summed E-state index contributed by atoms with van der Waals surface area (Å²) in [5.74, 6) is -0.665. The maximum Gasteiger partial charge on any atom is 0.266 e. The summed E-state index contributed by atoms with van der Waals surface area (Å²) in [5, 5.41) is 3.43. The van der Waals surface area contributed by atoms with Crippen molar-refractivity contribution in [1.82, 2.24) is 9.97 Å². The van der Waals surface area contributed by atoms with Crippen molar-refractivity contribution in [2.45, 2.75) is 5.16 Å². The van der Waals surface area contributed by atoms with E-state index in [-0.39, 0.29) is 11.4 Å². The van der Waals surface area contributed by atoms with Crippen LogP contribution in [0.15, 0.2) is 52.4 Å². The standard InChI is InChI=1S/C16H14N4O2S/c1-23-16-19-14(12(13(17)21)15(22)20-16)18-11-7-9-5-3-2-4-6-10(9)8-11/h2-8H,1H3,(H2,17,21)(H2,18,19,20,22). The molecule has 0 aromatic carbocycles. The number of aromatic nitrogens is 2. The number of carbonyl (C=O) groups excluding carboxylic acids is 1. The molecule has 1 aromatic heterocycles. The molecule has 4 N–H and O–H groups in total. The molecule has 0 atom stereocenters. The minimum absolute atomic E-state index is 0.158. The number of aromatic amines is 1. The second-order valence-electron chi connectivity index (χ2n) is 4.85. The highest BCUT2D eigenvalue weighted by molar-refractivity contribution is 7.98. The highest BCUT2D eigenvalue weighted by atomic mass is 32.2. The molecule has 7 heteroatoms. The van der Waals surface area contributed by atoms with Gasteiger partial charge in [-0.05, 0) is 29.5 Å². The maximum absolute atomic E-state index is 12.0. The van der Waals surface area contributed by atoms with Gasteiger partial charge in [-0.25, -0.2) is 4.98 Å². The van der Waals surface area contributed by atoms with E-state index in [4.69, 9.17) is 5.73 Å². The highest BCUT2D eigenvalue weighted by Crippen LogP contribution is 2.30. The van der Waals surface area contributed by atoms with Crippen LogP contribution in [0.4, 0.5) is 11.5 Å². The van der Waals surface area contributed by atoms with Crippen LogP contribution in [0.2, 0.25) is 0 Å². The van der Waals surface area contributed by atoms with Gasteiger partial charge in [0, 0.05) is 5.69 Å². The van der Waals surface area contributed by atoms with Crippen molar-refractivity contribution in [3.8, 4) is 11.1 Å². The monoisotopic (exact) mass is 326 g/mol. The third-order valence-corrected chi connectivity index (χ3v) is 3.91. The maximum atomic E-state index is 12.0. The zero-order valence-corrected chi connectivity index (χ0v) is 13.1. The Labute approximate surface area is 136 Å². The lowest BCUT2D eigenvalue weighted by Crippen LogP contribution is -2.26. The van der Waals surface area contributed by atoms with Crippen LogP contribution in [-0.4, -0.2) is 22.1 Å². The Morgan fingerprint density at radius 2 is 1.87 bits per heavy atom. The summed E-state index contributed by atoms with van der Waals surface area (Å²) in [6, 6.07) is 13.6. The van der Waals surface area contributed by atoms with E-state index >= 15 is 0 Å². The molecular weight excluding hydrogens is 312 g/mol. The van der Waals surface area contributed by atoms with E-state index in [2.05, 4.69) is 15.3 Å². The first-order valence-corrected chi connectivity index (χ1v) is 8.05. The topological polar surface area (TPSA) is 101 Å². The molecule has 0 bridgehead atoms. The van der Waals surface area contributed by atoms with Crippen molar-refractivity contribution in [2.24, 2.45) is 5.73 Å². The highest BCUT2D eigenvalue weighted by Gasteiger charge is 2.17. The summed E-state index contributed by atoms with van der Waals surface area (Å²) in [5.41, 5.74) is 7.38. The van der Waals surface area contributed by atoms with E-state index in [0.29, 0.717) is 5.16 Å². The van der Waals surface area contributed by atoms with Crippen LogP contribution in [0.3, 0.4) is 0 Å². The van der Waals surface area contributed by atoms with Crippen LogP contribution in [0.1, 0.15) is 10.4 Å². The van der Waals surface area contributed by atoms with Gasteiger partial charge in [-0.2, -0.15) is 0 Å². The Hall–Kier alpha value is -2.80. The fraction of sp³-hybridized carbons (Fsp3) is 0.0625. The van der Waals surface area contributed by atoms with E-state index in [0.717, 1.165) is 16.8 Å². The van der Waals surface area contributed by atoms with Crippen molar-refractivity contribution in [2.75, 3.05) is 11.6 Å². The third-order valence-electron chi connectivity index (χ3n) is 3.33. The van der Waals surface area contributed by atoms with Crippen molar-refractivity contribution in [1.29, 1.82) is 0 Å². The molecule has 0 radical (unpaired) electrons. The number of thioether (sulfide) groups is 1. The average molecular weight is 326 g/mol. The normalized spacial score (nSPS) is 10.7. The smallest absolute Gasteiger partial charge is 0.266 e. The summed E-state index contributed by atoms with van der Waals surface area (Å²) in [7, 11) is 0. The Morgan fingerprint density at radius 3 is 2.43 bits per heavy atom. The summed E-state index contributed by atoms with van der Waals surface area (Å²) in [6.07, 6.45) is 1.78. The van der Waals surface area contributed by atoms with Gasteiger partial charge in [0.05, 0.1) is 0 Å². The minimum atomic E-state index is -0.823. The first-order valence-electron chi connectivity index (χ1n) is 6.82. The number of amides is 1. The van der Waals surface area contributed by atoms with Crippen molar-refractivity contribution in [3.05, 3.63) is 58.4 Å². The quantitative estimate of drug-likeness (QED) is 0.505. The molecular formula is C16H14N4O2S. The number of nitrogens with two attached hydrogens (primary N) is 1. The average Bonchev–Trinajstić information content (AvgIpc) is 2.74. The fourth-order valence-corrected chi connectivity index (χ4v) is 2.67. The Kier molecular flexibility index (Phi) is 4.03. The first-order chi connectivity index (χ1) is 11.1. The van der Waals surface area contributed by atoms with Gasteiger partial charge in [0.15, 0.2) is 11.0 Å². The molecule has 3 rings (SSSR count). The largest absolute Gasteiger partial charge is 0.365 e. The lowest BCUT2D eigenvalue weighted by Gasteiger charge is -2.08. The lowest BCUT2D eigenvalue weighted by atomic mass is 10.2. The predicted octanol–water partition coefficient (Wildman–Crippen LogP) is 2.44.